The maximum absolute atomic E-state index is 10.3. The summed E-state index contributed by atoms with van der Waals surface area (Å²) >= 11 is 0. The lowest BCUT2D eigenvalue weighted by Crippen LogP contribution is -2.27. The molecule has 2 atom stereocenters. The van der Waals surface area contributed by atoms with E-state index in [4.69, 9.17) is 9.47 Å². The van der Waals surface area contributed by atoms with Crippen LogP contribution in [0.5, 0.6) is 11.5 Å². The third-order valence-corrected chi connectivity index (χ3v) is 4.70. The van der Waals surface area contributed by atoms with E-state index in [0.29, 0.717) is 13.2 Å². The van der Waals surface area contributed by atoms with Crippen LogP contribution in [0.4, 0.5) is 0 Å². The van der Waals surface area contributed by atoms with Gasteiger partial charge in [0.2, 0.25) is 0 Å². The first-order valence-corrected chi connectivity index (χ1v) is 8.74. The number of aromatic amines is 1. The van der Waals surface area contributed by atoms with Crippen LogP contribution in [-0.4, -0.2) is 59.7 Å². The minimum Gasteiger partial charge on any atom is -0.493 e. The largest absolute Gasteiger partial charge is 0.493 e. The summed E-state index contributed by atoms with van der Waals surface area (Å²) in [6, 6.07) is 7.97. The molecule has 2 N–H and O–H groups in total. The molecule has 3 rings (SSSR count). The van der Waals surface area contributed by atoms with Crippen LogP contribution in [0.3, 0.4) is 0 Å². The standard InChI is InChI=1S/C19H27N3O3/c1-13-4-5-18(19(8-13)24-3)25-7-6-22-11-15(17(23)12-22)10-16-9-14(2)20-21-16/h4-5,8-9,15,17,23H,6-7,10-12H2,1-3H3,(H,20,21)/t15-,17+/m1/s1. The molecule has 0 amide bonds. The number of H-pyrrole nitrogens is 1. The first kappa shape index (κ1) is 17.8. The normalized spacial score (nSPS) is 20.8. The van der Waals surface area contributed by atoms with Gasteiger partial charge in [-0.25, -0.2) is 0 Å². The zero-order chi connectivity index (χ0) is 17.8. The van der Waals surface area contributed by atoms with Gasteiger partial charge in [0.05, 0.1) is 18.9 Å². The second-order valence-electron chi connectivity index (χ2n) is 6.84. The van der Waals surface area contributed by atoms with Gasteiger partial charge in [-0.05, 0) is 44.0 Å². The highest BCUT2D eigenvalue weighted by atomic mass is 16.5. The summed E-state index contributed by atoms with van der Waals surface area (Å²) in [6.45, 7) is 6.91. The second-order valence-corrected chi connectivity index (χ2v) is 6.84. The molecule has 2 aromatic rings. The number of hydrogen-bond donors (Lipinski definition) is 2. The summed E-state index contributed by atoms with van der Waals surface area (Å²) in [5.74, 6) is 1.74. The summed E-state index contributed by atoms with van der Waals surface area (Å²) in [6.07, 6.45) is 0.486. The number of aromatic nitrogens is 2. The molecule has 6 heteroatoms. The van der Waals surface area contributed by atoms with Gasteiger partial charge in [0.25, 0.3) is 0 Å². The molecule has 6 nitrogen and oxygen atoms in total. The van der Waals surface area contributed by atoms with Crippen LogP contribution in [0.2, 0.25) is 0 Å². The Morgan fingerprint density at radius 3 is 2.80 bits per heavy atom. The number of rotatable bonds is 7. The molecule has 0 radical (unpaired) electrons. The molecular formula is C19H27N3O3. The van der Waals surface area contributed by atoms with Crippen LogP contribution in [0, 0.1) is 19.8 Å². The maximum Gasteiger partial charge on any atom is 0.161 e. The molecule has 1 aromatic heterocycles. The van der Waals surface area contributed by atoms with Crippen LogP contribution in [0.15, 0.2) is 24.3 Å². The smallest absolute Gasteiger partial charge is 0.161 e. The highest BCUT2D eigenvalue weighted by molar-refractivity contribution is 5.42. The van der Waals surface area contributed by atoms with Crippen molar-refractivity contribution in [2.45, 2.75) is 26.4 Å². The van der Waals surface area contributed by atoms with Crippen LogP contribution < -0.4 is 9.47 Å². The van der Waals surface area contributed by atoms with Crippen LogP contribution in [0.1, 0.15) is 17.0 Å². The number of aryl methyl sites for hydroxylation is 2. The molecule has 1 saturated heterocycles. The molecule has 0 spiro atoms. The number of methoxy groups -OCH3 is 1. The van der Waals surface area contributed by atoms with Gasteiger partial charge in [-0.3, -0.25) is 10.00 Å². The summed E-state index contributed by atoms with van der Waals surface area (Å²) in [4.78, 5) is 2.25. The lowest BCUT2D eigenvalue weighted by molar-refractivity contribution is 0.139. The lowest BCUT2D eigenvalue weighted by atomic mass is 10.0. The highest BCUT2D eigenvalue weighted by Crippen LogP contribution is 2.28. The predicted molar refractivity (Wildman–Crippen MR) is 96.2 cm³/mol. The molecule has 0 unspecified atom stereocenters. The van der Waals surface area contributed by atoms with Gasteiger partial charge in [0, 0.05) is 31.2 Å². The van der Waals surface area contributed by atoms with Gasteiger partial charge in [0.1, 0.15) is 6.61 Å². The van der Waals surface area contributed by atoms with Crippen LogP contribution >= 0.6 is 0 Å². The first-order chi connectivity index (χ1) is 12.0. The van der Waals surface area contributed by atoms with E-state index in [1.807, 2.05) is 38.1 Å². The van der Waals surface area contributed by atoms with Gasteiger partial charge in [0.15, 0.2) is 11.5 Å². The first-order valence-electron chi connectivity index (χ1n) is 8.74. The Hall–Kier alpha value is -2.05. The van der Waals surface area contributed by atoms with Gasteiger partial charge < -0.3 is 14.6 Å². The number of hydrogen-bond acceptors (Lipinski definition) is 5. The van der Waals surface area contributed by atoms with E-state index in [-0.39, 0.29) is 12.0 Å². The fourth-order valence-electron chi connectivity index (χ4n) is 3.35. The van der Waals surface area contributed by atoms with E-state index >= 15 is 0 Å². The monoisotopic (exact) mass is 345 g/mol. The molecule has 0 saturated carbocycles. The number of aliphatic hydroxyl groups excluding tert-OH is 1. The van der Waals surface area contributed by atoms with Crippen molar-refractivity contribution in [3.63, 3.8) is 0 Å². The van der Waals surface area contributed by atoms with Crippen molar-refractivity contribution in [2.24, 2.45) is 5.92 Å². The van der Waals surface area contributed by atoms with Gasteiger partial charge >= 0.3 is 0 Å². The SMILES string of the molecule is COc1cc(C)ccc1OCCN1C[C@@H](Cc2cc(C)[nH]n2)[C@@H](O)C1. The van der Waals surface area contributed by atoms with Gasteiger partial charge in [-0.15, -0.1) is 0 Å². The van der Waals surface area contributed by atoms with E-state index in [1.54, 1.807) is 7.11 Å². The van der Waals surface area contributed by atoms with Crippen molar-refractivity contribution in [3.05, 3.63) is 41.2 Å². The average molecular weight is 345 g/mol. The Balaban J connectivity index is 1.48. The number of aliphatic hydroxyl groups is 1. The second kappa shape index (κ2) is 7.89. The van der Waals surface area contributed by atoms with E-state index in [1.165, 1.54) is 0 Å². The van der Waals surface area contributed by atoms with Crippen molar-refractivity contribution in [3.8, 4) is 11.5 Å². The number of ether oxygens (including phenoxy) is 2. The average Bonchev–Trinajstić information content (AvgIpc) is 3.15. The molecule has 1 fully saturated rings. The number of nitrogens with one attached hydrogen (secondary N) is 1. The molecule has 0 aliphatic carbocycles. The van der Waals surface area contributed by atoms with E-state index in [2.05, 4.69) is 15.1 Å². The molecular weight excluding hydrogens is 318 g/mol. The number of benzene rings is 1. The Kier molecular flexibility index (Phi) is 5.60. The minimum absolute atomic E-state index is 0.219. The summed E-state index contributed by atoms with van der Waals surface area (Å²) in [5, 5.41) is 17.5. The molecule has 1 aromatic carbocycles. The number of likely N-dealkylation sites (tertiary alicyclic amines) is 1. The Morgan fingerprint density at radius 1 is 1.24 bits per heavy atom. The summed E-state index contributed by atoms with van der Waals surface area (Å²) in [5.41, 5.74) is 3.21. The third-order valence-electron chi connectivity index (χ3n) is 4.70. The Morgan fingerprint density at radius 2 is 2.08 bits per heavy atom. The molecule has 2 heterocycles. The zero-order valence-corrected chi connectivity index (χ0v) is 15.2. The Bertz CT molecular complexity index is 701. The van der Waals surface area contributed by atoms with Crippen molar-refractivity contribution < 1.29 is 14.6 Å². The van der Waals surface area contributed by atoms with Gasteiger partial charge in [-0.2, -0.15) is 5.10 Å². The fraction of sp³-hybridized carbons (Fsp3) is 0.526. The maximum atomic E-state index is 10.3. The number of β-amino-alcohol motifs (C(OH)–C–C–N with tert-alkyl or cyclic N) is 1. The van der Waals surface area contributed by atoms with Crippen molar-refractivity contribution >= 4 is 0 Å². The number of nitrogens with zero attached hydrogens (tertiary/aromatic N) is 2. The quantitative estimate of drug-likeness (QED) is 0.803. The molecule has 1 aliphatic heterocycles. The topological polar surface area (TPSA) is 70.6 Å². The molecule has 25 heavy (non-hydrogen) atoms. The Labute approximate surface area is 148 Å². The highest BCUT2D eigenvalue weighted by Gasteiger charge is 2.31. The zero-order valence-electron chi connectivity index (χ0n) is 15.2. The third kappa shape index (κ3) is 4.52. The summed E-state index contributed by atoms with van der Waals surface area (Å²) in [7, 11) is 1.65. The predicted octanol–water partition coefficient (Wildman–Crippen LogP) is 1.95. The minimum atomic E-state index is -0.314. The fourth-order valence-corrected chi connectivity index (χ4v) is 3.35. The van der Waals surface area contributed by atoms with Crippen LogP contribution in [-0.2, 0) is 6.42 Å². The van der Waals surface area contributed by atoms with E-state index in [0.717, 1.165) is 48.0 Å². The van der Waals surface area contributed by atoms with Crippen LogP contribution in [0.25, 0.3) is 0 Å². The van der Waals surface area contributed by atoms with Crippen molar-refractivity contribution in [1.29, 1.82) is 0 Å². The lowest BCUT2D eigenvalue weighted by Gasteiger charge is -2.17. The molecule has 1 aliphatic rings. The van der Waals surface area contributed by atoms with Gasteiger partial charge in [-0.1, -0.05) is 6.07 Å². The van der Waals surface area contributed by atoms with E-state index in [9.17, 15) is 5.11 Å². The van der Waals surface area contributed by atoms with E-state index < -0.39 is 0 Å². The molecule has 136 valence electrons. The summed E-state index contributed by atoms with van der Waals surface area (Å²) < 4.78 is 11.2. The van der Waals surface area contributed by atoms with Crippen molar-refractivity contribution in [2.75, 3.05) is 33.4 Å². The van der Waals surface area contributed by atoms with Crippen molar-refractivity contribution in [1.82, 2.24) is 15.1 Å². The molecule has 0 bridgehead atoms.